The van der Waals surface area contributed by atoms with Crippen LogP contribution in [-0.4, -0.2) is 24.6 Å². The van der Waals surface area contributed by atoms with Crippen LogP contribution in [0, 0.1) is 5.92 Å². The molecule has 1 amide bonds. The van der Waals surface area contributed by atoms with Gasteiger partial charge in [0, 0.05) is 5.92 Å². The Kier molecular flexibility index (Phi) is 5.56. The molecule has 1 aromatic carbocycles. The van der Waals surface area contributed by atoms with E-state index in [4.69, 9.17) is 0 Å². The van der Waals surface area contributed by atoms with Crippen molar-refractivity contribution in [2.24, 2.45) is 5.92 Å². The third-order valence-corrected chi connectivity index (χ3v) is 6.86. The molecule has 1 aliphatic carbocycles. The zero-order valence-corrected chi connectivity index (χ0v) is 15.8. The summed E-state index contributed by atoms with van der Waals surface area (Å²) in [5, 5.41) is 1.14. The van der Waals surface area contributed by atoms with Gasteiger partial charge in [0.15, 0.2) is 9.84 Å². The lowest BCUT2D eigenvalue weighted by Crippen LogP contribution is -2.42. The van der Waals surface area contributed by atoms with Crippen molar-refractivity contribution in [2.45, 2.75) is 35.3 Å². The van der Waals surface area contributed by atoms with E-state index in [0.717, 1.165) is 36.4 Å². The molecule has 162 valence electrons. The van der Waals surface area contributed by atoms with Crippen LogP contribution in [0.5, 0.6) is 0 Å². The molecule has 1 fully saturated rings. The number of nitrogens with zero attached hydrogens (tertiary/aromatic N) is 1. The Morgan fingerprint density at radius 2 is 1.60 bits per heavy atom. The topological polar surface area (TPSA) is 76.1 Å². The second-order valence-corrected chi connectivity index (χ2v) is 8.98. The van der Waals surface area contributed by atoms with Crippen molar-refractivity contribution in [3.63, 3.8) is 0 Å². The highest BCUT2D eigenvalue weighted by molar-refractivity contribution is 7.92. The molecule has 0 saturated heterocycles. The van der Waals surface area contributed by atoms with Crippen molar-refractivity contribution in [1.29, 1.82) is 0 Å². The Hall–Kier alpha value is -2.63. The average Bonchev–Trinajstić information content (AvgIpc) is 2.59. The van der Waals surface area contributed by atoms with Gasteiger partial charge >= 0.3 is 12.4 Å². The summed E-state index contributed by atoms with van der Waals surface area (Å²) >= 11 is 0. The molecular weight excluding hydrogens is 438 g/mol. The van der Waals surface area contributed by atoms with Crippen LogP contribution >= 0.6 is 0 Å². The Balaban J connectivity index is 1.66. The highest BCUT2D eigenvalue weighted by Gasteiger charge is 2.43. The number of hydrogen-bond donors (Lipinski definition) is 1. The lowest BCUT2D eigenvalue weighted by Gasteiger charge is -2.33. The van der Waals surface area contributed by atoms with Gasteiger partial charge in [0.1, 0.15) is 11.5 Å². The first kappa shape index (κ1) is 22.1. The van der Waals surface area contributed by atoms with Gasteiger partial charge in [-0.2, -0.15) is 26.3 Å². The monoisotopic (exact) mass is 452 g/mol. The Morgan fingerprint density at radius 3 is 2.20 bits per heavy atom. The standard InChI is InChI=1S/C18H14F6N2O3S/c19-17(20,21)11-3-1-4-12(9-11)30(28,29)13-7-10(8-13)16(27)26-15-6-2-5-14(25-15)18(22,23)24/h1-6,9-10,13H,7-8H2,(H,25,26,27)/t10-,13+. The maximum Gasteiger partial charge on any atom is 0.433 e. The van der Waals surface area contributed by atoms with Gasteiger partial charge < -0.3 is 5.32 Å². The number of amides is 1. The summed E-state index contributed by atoms with van der Waals surface area (Å²) < 4.78 is 102. The minimum atomic E-state index is -4.70. The smallest absolute Gasteiger partial charge is 0.310 e. The Bertz CT molecular complexity index is 1060. The first-order chi connectivity index (χ1) is 13.8. The number of carbonyl (C=O) groups excluding carboxylic acids is 1. The van der Waals surface area contributed by atoms with Crippen LogP contribution in [0.1, 0.15) is 24.1 Å². The van der Waals surface area contributed by atoms with Gasteiger partial charge in [0.25, 0.3) is 0 Å². The fourth-order valence-electron chi connectivity index (χ4n) is 2.97. The van der Waals surface area contributed by atoms with Gasteiger partial charge in [-0.25, -0.2) is 13.4 Å². The molecule has 0 atom stereocenters. The molecule has 30 heavy (non-hydrogen) atoms. The molecule has 0 aliphatic heterocycles. The third kappa shape index (κ3) is 4.58. The normalized spacial score (nSPS) is 19.8. The van der Waals surface area contributed by atoms with Crippen LogP contribution in [0.15, 0.2) is 47.4 Å². The van der Waals surface area contributed by atoms with Crippen molar-refractivity contribution in [2.75, 3.05) is 5.32 Å². The summed E-state index contributed by atoms with van der Waals surface area (Å²) in [5.74, 6) is -1.86. The van der Waals surface area contributed by atoms with E-state index in [2.05, 4.69) is 10.3 Å². The number of halogens is 6. The summed E-state index contributed by atoms with van der Waals surface area (Å²) in [6.45, 7) is 0. The summed E-state index contributed by atoms with van der Waals surface area (Å²) in [6.07, 6.45) is -9.72. The Labute approximate surface area is 167 Å². The number of benzene rings is 1. The van der Waals surface area contributed by atoms with Crippen LogP contribution in [-0.2, 0) is 27.0 Å². The summed E-state index contributed by atoms with van der Waals surface area (Å²) in [7, 11) is -4.09. The van der Waals surface area contributed by atoms with Crippen molar-refractivity contribution in [1.82, 2.24) is 4.98 Å². The first-order valence-corrected chi connectivity index (χ1v) is 10.1. The molecule has 1 aliphatic rings. The lowest BCUT2D eigenvalue weighted by molar-refractivity contribution is -0.141. The maximum absolute atomic E-state index is 12.8. The minimum Gasteiger partial charge on any atom is -0.310 e. The molecule has 1 aromatic heterocycles. The van der Waals surface area contributed by atoms with Crippen LogP contribution in [0.4, 0.5) is 32.2 Å². The van der Waals surface area contributed by atoms with E-state index in [1.807, 2.05) is 0 Å². The molecule has 2 aromatic rings. The largest absolute Gasteiger partial charge is 0.433 e. The number of alkyl halides is 6. The summed E-state index contributed by atoms with van der Waals surface area (Å²) in [5.41, 5.74) is -2.30. The number of carbonyl (C=O) groups is 1. The van der Waals surface area contributed by atoms with Crippen molar-refractivity contribution in [3.8, 4) is 0 Å². The van der Waals surface area contributed by atoms with E-state index >= 15 is 0 Å². The predicted octanol–water partition coefficient (Wildman–Crippen LogP) is 4.31. The molecular formula is C18H14F6N2O3S. The molecule has 1 heterocycles. The maximum atomic E-state index is 12.8. The van der Waals surface area contributed by atoms with Gasteiger partial charge in [-0.05, 0) is 43.2 Å². The van der Waals surface area contributed by atoms with Crippen LogP contribution in [0.3, 0.4) is 0 Å². The molecule has 0 spiro atoms. The first-order valence-electron chi connectivity index (χ1n) is 8.55. The van der Waals surface area contributed by atoms with Crippen molar-refractivity contribution >= 4 is 21.6 Å². The fourth-order valence-corrected chi connectivity index (χ4v) is 4.88. The third-order valence-electron chi connectivity index (χ3n) is 4.69. The van der Waals surface area contributed by atoms with Crippen molar-refractivity contribution < 1.29 is 39.6 Å². The molecule has 5 nitrogen and oxygen atoms in total. The minimum absolute atomic E-state index is 0.163. The highest BCUT2D eigenvalue weighted by atomic mass is 32.2. The van der Waals surface area contributed by atoms with E-state index in [1.165, 1.54) is 0 Å². The number of sulfone groups is 1. The van der Waals surface area contributed by atoms with Crippen LogP contribution < -0.4 is 5.32 Å². The van der Waals surface area contributed by atoms with Gasteiger partial charge in [0.2, 0.25) is 5.91 Å². The van der Waals surface area contributed by atoms with Gasteiger partial charge in [-0.3, -0.25) is 4.79 Å². The number of rotatable bonds is 4. The fraction of sp³-hybridized carbons (Fsp3) is 0.333. The van der Waals surface area contributed by atoms with E-state index in [-0.39, 0.29) is 18.7 Å². The SMILES string of the molecule is O=C(Nc1cccc(C(F)(F)F)n1)[C@H]1C[C@@H](S(=O)(=O)c2cccc(C(F)(F)F)c2)C1. The van der Waals surface area contributed by atoms with Crippen molar-refractivity contribution in [3.05, 3.63) is 53.7 Å². The molecule has 1 N–H and O–H groups in total. The zero-order chi connectivity index (χ0) is 22.3. The molecule has 3 rings (SSSR count). The van der Waals surface area contributed by atoms with E-state index in [1.54, 1.807) is 0 Å². The number of hydrogen-bond acceptors (Lipinski definition) is 4. The lowest BCUT2D eigenvalue weighted by atomic mass is 9.84. The molecule has 0 bridgehead atoms. The zero-order valence-electron chi connectivity index (χ0n) is 15.0. The van der Waals surface area contributed by atoms with Gasteiger partial charge in [0.05, 0.1) is 15.7 Å². The van der Waals surface area contributed by atoms with E-state index in [9.17, 15) is 39.6 Å². The summed E-state index contributed by atoms with van der Waals surface area (Å²) in [6, 6.07) is 6.27. The predicted molar refractivity (Wildman–Crippen MR) is 93.0 cm³/mol. The summed E-state index contributed by atoms with van der Waals surface area (Å²) in [4.78, 5) is 15.0. The molecule has 0 unspecified atom stereocenters. The van der Waals surface area contributed by atoms with E-state index in [0.29, 0.717) is 6.07 Å². The average molecular weight is 452 g/mol. The number of pyridine rings is 1. The van der Waals surface area contributed by atoms with Crippen LogP contribution in [0.25, 0.3) is 0 Å². The number of anilines is 1. The molecule has 12 heteroatoms. The van der Waals surface area contributed by atoms with Gasteiger partial charge in [-0.1, -0.05) is 12.1 Å². The number of nitrogens with one attached hydrogen (secondary N) is 1. The molecule has 1 saturated carbocycles. The quantitative estimate of drug-likeness (QED) is 0.702. The highest BCUT2D eigenvalue weighted by Crippen LogP contribution is 2.38. The van der Waals surface area contributed by atoms with Gasteiger partial charge in [-0.15, -0.1) is 0 Å². The Morgan fingerprint density at radius 1 is 0.967 bits per heavy atom. The second-order valence-electron chi connectivity index (χ2n) is 6.76. The van der Waals surface area contributed by atoms with Crippen LogP contribution in [0.2, 0.25) is 0 Å². The van der Waals surface area contributed by atoms with E-state index < -0.39 is 55.4 Å². The second kappa shape index (κ2) is 7.56. The number of aromatic nitrogens is 1. The molecule has 0 radical (unpaired) electrons.